The van der Waals surface area contributed by atoms with Crippen molar-refractivity contribution in [3.05, 3.63) is 43.2 Å². The van der Waals surface area contributed by atoms with Crippen molar-refractivity contribution in [2.75, 3.05) is 4.90 Å². The molecule has 18 heavy (non-hydrogen) atoms. The molecule has 0 saturated carbocycles. The molecule has 3 heterocycles. The SMILES string of the molecule is CCc1csc(N2Cc3[nH]c(=O)[nH]c(=O)c3C2)n1. The Kier molecular flexibility index (Phi) is 2.55. The van der Waals surface area contributed by atoms with Crippen LogP contribution in [0.5, 0.6) is 0 Å². The van der Waals surface area contributed by atoms with Gasteiger partial charge < -0.3 is 9.88 Å². The van der Waals surface area contributed by atoms with Crippen LogP contribution in [-0.2, 0) is 19.5 Å². The third kappa shape index (κ3) is 1.76. The Labute approximate surface area is 106 Å². The number of aromatic nitrogens is 3. The summed E-state index contributed by atoms with van der Waals surface area (Å²) in [5, 5.41) is 2.91. The molecule has 0 saturated heterocycles. The van der Waals surface area contributed by atoms with Gasteiger partial charge >= 0.3 is 5.69 Å². The average molecular weight is 264 g/mol. The Balaban J connectivity index is 1.95. The monoisotopic (exact) mass is 264 g/mol. The zero-order valence-corrected chi connectivity index (χ0v) is 10.6. The van der Waals surface area contributed by atoms with E-state index in [1.165, 1.54) is 0 Å². The molecule has 94 valence electrons. The summed E-state index contributed by atoms with van der Waals surface area (Å²) in [6.45, 7) is 3.09. The fraction of sp³-hybridized carbons (Fsp3) is 0.364. The lowest BCUT2D eigenvalue weighted by Crippen LogP contribution is -2.25. The first-order valence-electron chi connectivity index (χ1n) is 5.71. The number of thiazole rings is 1. The Morgan fingerprint density at radius 2 is 2.22 bits per heavy atom. The molecule has 6 nitrogen and oxygen atoms in total. The van der Waals surface area contributed by atoms with E-state index in [9.17, 15) is 9.59 Å². The molecule has 0 bridgehead atoms. The minimum absolute atomic E-state index is 0.302. The van der Waals surface area contributed by atoms with E-state index in [1.54, 1.807) is 11.3 Å². The van der Waals surface area contributed by atoms with Crippen LogP contribution in [-0.4, -0.2) is 15.0 Å². The molecular formula is C11H12N4O2S. The Morgan fingerprint density at radius 1 is 1.39 bits per heavy atom. The molecule has 3 rings (SSSR count). The van der Waals surface area contributed by atoms with Gasteiger partial charge in [-0.15, -0.1) is 11.3 Å². The number of nitrogens with one attached hydrogen (secondary N) is 2. The number of H-pyrrole nitrogens is 2. The van der Waals surface area contributed by atoms with Crippen molar-refractivity contribution in [1.82, 2.24) is 15.0 Å². The van der Waals surface area contributed by atoms with Crippen molar-refractivity contribution in [3.63, 3.8) is 0 Å². The van der Waals surface area contributed by atoms with Crippen LogP contribution < -0.4 is 16.1 Å². The molecule has 2 N–H and O–H groups in total. The van der Waals surface area contributed by atoms with Crippen molar-refractivity contribution < 1.29 is 0 Å². The first kappa shape index (κ1) is 11.2. The van der Waals surface area contributed by atoms with E-state index >= 15 is 0 Å². The predicted octanol–water partition coefficient (Wildman–Crippen LogP) is 0.602. The van der Waals surface area contributed by atoms with Crippen LogP contribution >= 0.6 is 11.3 Å². The van der Waals surface area contributed by atoms with Crippen LogP contribution in [0.1, 0.15) is 23.9 Å². The van der Waals surface area contributed by atoms with Crippen molar-refractivity contribution in [3.8, 4) is 0 Å². The van der Waals surface area contributed by atoms with Crippen molar-refractivity contribution >= 4 is 16.5 Å². The summed E-state index contributed by atoms with van der Waals surface area (Å²) in [6, 6.07) is 0. The summed E-state index contributed by atoms with van der Waals surface area (Å²) in [6.07, 6.45) is 0.898. The van der Waals surface area contributed by atoms with E-state index in [-0.39, 0.29) is 5.56 Å². The molecule has 0 radical (unpaired) electrons. The first-order valence-corrected chi connectivity index (χ1v) is 6.59. The molecule has 0 amide bonds. The number of rotatable bonds is 2. The summed E-state index contributed by atoms with van der Waals surface area (Å²) in [7, 11) is 0. The molecule has 0 aliphatic carbocycles. The maximum absolute atomic E-state index is 11.7. The average Bonchev–Trinajstić information content (AvgIpc) is 2.93. The lowest BCUT2D eigenvalue weighted by atomic mass is 10.3. The summed E-state index contributed by atoms with van der Waals surface area (Å²) in [4.78, 5) is 34.3. The van der Waals surface area contributed by atoms with Crippen molar-refractivity contribution in [2.24, 2.45) is 0 Å². The fourth-order valence-corrected chi connectivity index (χ4v) is 2.95. The molecule has 0 fully saturated rings. The van der Waals surface area contributed by atoms with Gasteiger partial charge in [0.2, 0.25) is 0 Å². The molecule has 1 aliphatic heterocycles. The number of aromatic amines is 2. The Hall–Kier alpha value is -1.89. The fourth-order valence-electron chi connectivity index (χ4n) is 2.04. The quantitative estimate of drug-likeness (QED) is 0.832. The summed E-state index contributed by atoms with van der Waals surface area (Å²) in [5.41, 5.74) is 1.62. The molecule has 0 atom stereocenters. The van der Waals surface area contributed by atoms with Gasteiger partial charge in [-0.3, -0.25) is 9.78 Å². The van der Waals surface area contributed by atoms with Gasteiger partial charge in [0.05, 0.1) is 24.3 Å². The molecular weight excluding hydrogens is 252 g/mol. The van der Waals surface area contributed by atoms with E-state index in [4.69, 9.17) is 0 Å². The normalized spacial score (nSPS) is 13.9. The minimum atomic E-state index is -0.450. The van der Waals surface area contributed by atoms with Gasteiger partial charge in [0.25, 0.3) is 5.56 Å². The van der Waals surface area contributed by atoms with Crippen LogP contribution in [0.15, 0.2) is 15.0 Å². The standard InChI is InChI=1S/C11H12N4O2S/c1-2-6-5-18-11(12-6)15-3-7-8(4-15)13-10(17)14-9(7)16/h5H,2-4H2,1H3,(H2,13,14,16,17). The van der Waals surface area contributed by atoms with E-state index in [0.29, 0.717) is 24.3 Å². The molecule has 0 unspecified atom stereocenters. The second kappa shape index (κ2) is 4.09. The molecule has 1 aliphatic rings. The highest BCUT2D eigenvalue weighted by Crippen LogP contribution is 2.27. The van der Waals surface area contributed by atoms with Crippen molar-refractivity contribution in [1.29, 1.82) is 0 Å². The Bertz CT molecular complexity index is 700. The number of aryl methyl sites for hydroxylation is 1. The highest BCUT2D eigenvalue weighted by Gasteiger charge is 2.24. The maximum Gasteiger partial charge on any atom is 0.325 e. The topological polar surface area (TPSA) is 81.9 Å². The number of nitrogens with zero attached hydrogens (tertiary/aromatic N) is 2. The van der Waals surface area contributed by atoms with E-state index in [2.05, 4.69) is 21.9 Å². The van der Waals surface area contributed by atoms with Gasteiger partial charge in [-0.05, 0) is 6.42 Å². The number of fused-ring (bicyclic) bond motifs is 1. The van der Waals surface area contributed by atoms with Gasteiger partial charge in [-0.25, -0.2) is 9.78 Å². The molecule has 2 aromatic heterocycles. The molecule has 2 aromatic rings. The molecule has 7 heteroatoms. The van der Waals surface area contributed by atoms with E-state index in [0.717, 1.165) is 17.2 Å². The third-order valence-corrected chi connectivity index (χ3v) is 3.95. The minimum Gasteiger partial charge on any atom is -0.338 e. The largest absolute Gasteiger partial charge is 0.338 e. The predicted molar refractivity (Wildman–Crippen MR) is 69.1 cm³/mol. The lowest BCUT2D eigenvalue weighted by molar-refractivity contribution is 0.854. The molecule has 0 aromatic carbocycles. The highest BCUT2D eigenvalue weighted by atomic mass is 32.1. The Morgan fingerprint density at radius 3 is 2.94 bits per heavy atom. The van der Waals surface area contributed by atoms with Gasteiger partial charge in [-0.2, -0.15) is 0 Å². The van der Waals surface area contributed by atoms with Gasteiger partial charge in [0.1, 0.15) is 0 Å². The second-order valence-corrected chi connectivity index (χ2v) is 5.03. The van der Waals surface area contributed by atoms with E-state index in [1.807, 2.05) is 10.3 Å². The second-order valence-electron chi connectivity index (χ2n) is 4.20. The smallest absolute Gasteiger partial charge is 0.325 e. The van der Waals surface area contributed by atoms with Crippen LogP contribution in [0.2, 0.25) is 0 Å². The van der Waals surface area contributed by atoms with Gasteiger partial charge in [-0.1, -0.05) is 6.92 Å². The highest BCUT2D eigenvalue weighted by molar-refractivity contribution is 7.13. The molecule has 0 spiro atoms. The third-order valence-electron chi connectivity index (χ3n) is 3.00. The van der Waals surface area contributed by atoms with Crippen LogP contribution in [0.4, 0.5) is 5.13 Å². The summed E-state index contributed by atoms with van der Waals surface area (Å²) in [5.74, 6) is 0. The van der Waals surface area contributed by atoms with Gasteiger partial charge in [0, 0.05) is 11.1 Å². The van der Waals surface area contributed by atoms with E-state index < -0.39 is 5.69 Å². The first-order chi connectivity index (χ1) is 8.67. The summed E-state index contributed by atoms with van der Waals surface area (Å²) < 4.78 is 0. The number of anilines is 1. The zero-order chi connectivity index (χ0) is 12.7. The maximum atomic E-state index is 11.7. The van der Waals surface area contributed by atoms with Crippen LogP contribution in [0.3, 0.4) is 0 Å². The summed E-state index contributed by atoms with van der Waals surface area (Å²) >= 11 is 1.56. The van der Waals surface area contributed by atoms with Gasteiger partial charge in [0.15, 0.2) is 5.13 Å². The number of hydrogen-bond donors (Lipinski definition) is 2. The van der Waals surface area contributed by atoms with Crippen LogP contribution in [0, 0.1) is 0 Å². The van der Waals surface area contributed by atoms with Crippen LogP contribution in [0.25, 0.3) is 0 Å². The number of hydrogen-bond acceptors (Lipinski definition) is 5. The van der Waals surface area contributed by atoms with Crippen molar-refractivity contribution in [2.45, 2.75) is 26.4 Å². The lowest BCUT2D eigenvalue weighted by Gasteiger charge is -2.12. The zero-order valence-electron chi connectivity index (χ0n) is 9.82.